The number of amides is 1. The van der Waals surface area contributed by atoms with Crippen molar-refractivity contribution >= 4 is 17.2 Å². The van der Waals surface area contributed by atoms with Crippen LogP contribution in [-0.2, 0) is 0 Å². The zero-order chi connectivity index (χ0) is 22.2. The molecule has 5 rings (SSSR count). The average molecular weight is 425 g/mol. The molecule has 1 aromatic carbocycles. The maximum absolute atomic E-state index is 13.2. The summed E-state index contributed by atoms with van der Waals surface area (Å²) in [5, 5.41) is 6.67. The number of halogens is 2. The van der Waals surface area contributed by atoms with Crippen molar-refractivity contribution < 1.29 is 18.1 Å². The maximum Gasteiger partial charge on any atom is 0.274 e. The number of imidazole rings is 1. The number of carbonyl (C=O) groups is 1. The lowest BCUT2D eigenvalue weighted by molar-refractivity contribution is 0.102. The monoisotopic (exact) mass is 425 g/mol. The van der Waals surface area contributed by atoms with Crippen LogP contribution in [0.5, 0.6) is 0 Å². The van der Waals surface area contributed by atoms with E-state index < -0.39 is 11.8 Å². The molecule has 31 heavy (non-hydrogen) atoms. The number of anilines is 1. The van der Waals surface area contributed by atoms with E-state index in [9.17, 15) is 13.6 Å². The highest BCUT2D eigenvalue weighted by atomic mass is 19.3. The number of fused-ring (bicyclic) bond motifs is 1. The van der Waals surface area contributed by atoms with Gasteiger partial charge in [-0.15, -0.1) is 0 Å². The minimum atomic E-state index is -2.77. The van der Waals surface area contributed by atoms with Crippen LogP contribution in [0.1, 0.15) is 48.1 Å². The molecule has 0 bridgehead atoms. The molecular weight excluding hydrogens is 404 g/mol. The molecule has 1 fully saturated rings. The van der Waals surface area contributed by atoms with Crippen molar-refractivity contribution in [3.05, 3.63) is 65.9 Å². The molecule has 1 unspecified atom stereocenters. The van der Waals surface area contributed by atoms with Gasteiger partial charge in [0.15, 0.2) is 0 Å². The highest BCUT2D eigenvalue weighted by molar-refractivity contribution is 6.04. The number of carbonyl (C=O) groups excluding carboxylic acids is 1. The molecule has 1 atom stereocenters. The molecule has 3 heterocycles. The van der Waals surface area contributed by atoms with Gasteiger partial charge in [-0.05, 0) is 30.7 Å². The molecule has 0 spiro atoms. The van der Waals surface area contributed by atoms with Crippen molar-refractivity contribution in [2.75, 3.05) is 5.32 Å². The molecule has 1 aliphatic rings. The van der Waals surface area contributed by atoms with Gasteiger partial charge in [0.25, 0.3) is 11.8 Å². The Hall–Kier alpha value is -3.62. The number of hydrogen-bond acceptors (Lipinski definition) is 5. The Morgan fingerprint density at radius 1 is 1.26 bits per heavy atom. The number of aromatic nitrogens is 4. The van der Waals surface area contributed by atoms with E-state index in [-0.39, 0.29) is 24.0 Å². The SMILES string of the molecule is CC.Cc1ccc(-c2noc(C3CC3(F)F)n2)cc1NC(=O)c1cnc2ccccn12. The summed E-state index contributed by atoms with van der Waals surface area (Å²) in [5.41, 5.74) is 3.00. The number of hydrogen-bond donors (Lipinski definition) is 1. The predicted molar refractivity (Wildman–Crippen MR) is 111 cm³/mol. The van der Waals surface area contributed by atoms with Gasteiger partial charge >= 0.3 is 0 Å². The van der Waals surface area contributed by atoms with Crippen molar-refractivity contribution in [2.45, 2.75) is 39.0 Å². The first-order valence-corrected chi connectivity index (χ1v) is 9.98. The van der Waals surface area contributed by atoms with Crippen LogP contribution in [0.3, 0.4) is 0 Å². The second-order valence-corrected chi connectivity index (χ2v) is 7.03. The lowest BCUT2D eigenvalue weighted by Crippen LogP contribution is -2.15. The highest BCUT2D eigenvalue weighted by Gasteiger charge is 2.61. The van der Waals surface area contributed by atoms with Crippen LogP contribution >= 0.6 is 0 Å². The van der Waals surface area contributed by atoms with Gasteiger partial charge in [-0.25, -0.2) is 13.8 Å². The van der Waals surface area contributed by atoms with E-state index in [1.54, 1.807) is 34.9 Å². The third kappa shape index (κ3) is 3.90. The molecule has 0 aliphatic heterocycles. The third-order valence-corrected chi connectivity index (χ3v) is 4.96. The molecule has 0 radical (unpaired) electrons. The van der Waals surface area contributed by atoms with E-state index in [1.807, 2.05) is 32.9 Å². The van der Waals surface area contributed by atoms with Crippen LogP contribution in [0, 0.1) is 6.92 Å². The van der Waals surface area contributed by atoms with Gasteiger partial charge in [-0.3, -0.25) is 9.20 Å². The van der Waals surface area contributed by atoms with Crippen LogP contribution in [0.4, 0.5) is 14.5 Å². The fourth-order valence-electron chi connectivity index (χ4n) is 3.16. The number of pyridine rings is 1. The fourth-order valence-corrected chi connectivity index (χ4v) is 3.16. The molecule has 4 aromatic rings. The summed E-state index contributed by atoms with van der Waals surface area (Å²) in [6.45, 7) is 5.85. The van der Waals surface area contributed by atoms with Gasteiger partial charge in [-0.1, -0.05) is 37.2 Å². The van der Waals surface area contributed by atoms with Crippen LogP contribution in [0.25, 0.3) is 17.0 Å². The Bertz CT molecular complexity index is 1250. The van der Waals surface area contributed by atoms with Crippen LogP contribution < -0.4 is 5.32 Å². The lowest BCUT2D eigenvalue weighted by atomic mass is 10.1. The van der Waals surface area contributed by atoms with Gasteiger partial charge in [0.05, 0.1) is 6.20 Å². The second kappa shape index (κ2) is 7.90. The standard InChI is InChI=1S/C20H15F2N5O2.C2H6/c1-11-5-6-12(17-25-19(29-26-17)13-9-20(13,21)22)8-14(11)24-18(28)15-10-23-16-4-2-3-7-27(15)16;1-2/h2-8,10,13H,9H2,1H3,(H,24,28);1-2H3. The smallest absolute Gasteiger partial charge is 0.274 e. The third-order valence-electron chi connectivity index (χ3n) is 4.96. The van der Waals surface area contributed by atoms with Gasteiger partial charge in [-0.2, -0.15) is 4.98 Å². The van der Waals surface area contributed by atoms with E-state index in [4.69, 9.17) is 4.52 Å². The molecule has 1 amide bonds. The number of alkyl halides is 2. The summed E-state index contributed by atoms with van der Waals surface area (Å²) in [4.78, 5) is 21.1. The predicted octanol–water partition coefficient (Wildman–Crippen LogP) is 5.09. The van der Waals surface area contributed by atoms with Gasteiger partial charge in [0.1, 0.15) is 17.3 Å². The maximum atomic E-state index is 13.2. The van der Waals surface area contributed by atoms with E-state index in [2.05, 4.69) is 20.4 Å². The van der Waals surface area contributed by atoms with Crippen molar-refractivity contribution in [3.8, 4) is 11.4 Å². The molecule has 0 saturated heterocycles. The van der Waals surface area contributed by atoms with E-state index in [0.717, 1.165) is 5.56 Å². The Labute approximate surface area is 177 Å². The Morgan fingerprint density at radius 3 is 2.77 bits per heavy atom. The number of aryl methyl sites for hydroxylation is 1. The van der Waals surface area contributed by atoms with Gasteiger partial charge in [0, 0.05) is 23.9 Å². The largest absolute Gasteiger partial charge is 0.338 e. The summed E-state index contributed by atoms with van der Waals surface area (Å²) in [5.74, 6) is -3.97. The quantitative estimate of drug-likeness (QED) is 0.492. The fraction of sp³-hybridized carbons (Fsp3) is 0.273. The minimum Gasteiger partial charge on any atom is -0.338 e. The normalized spacial score (nSPS) is 16.5. The number of nitrogens with zero attached hydrogens (tertiary/aromatic N) is 4. The van der Waals surface area contributed by atoms with E-state index >= 15 is 0 Å². The molecule has 9 heteroatoms. The summed E-state index contributed by atoms with van der Waals surface area (Å²) >= 11 is 0. The summed E-state index contributed by atoms with van der Waals surface area (Å²) in [7, 11) is 0. The molecule has 1 aliphatic carbocycles. The number of rotatable bonds is 4. The average Bonchev–Trinajstić information content (AvgIpc) is 3.16. The van der Waals surface area contributed by atoms with Crippen LogP contribution in [0.15, 0.2) is 53.3 Å². The second-order valence-electron chi connectivity index (χ2n) is 7.03. The molecule has 1 saturated carbocycles. The zero-order valence-electron chi connectivity index (χ0n) is 17.3. The summed E-state index contributed by atoms with van der Waals surface area (Å²) < 4.78 is 33.1. The van der Waals surface area contributed by atoms with E-state index in [0.29, 0.717) is 22.6 Å². The Kier molecular flexibility index (Phi) is 5.26. The van der Waals surface area contributed by atoms with Crippen molar-refractivity contribution in [1.29, 1.82) is 0 Å². The number of benzene rings is 1. The Balaban J connectivity index is 0.00000112. The van der Waals surface area contributed by atoms with Crippen molar-refractivity contribution in [1.82, 2.24) is 19.5 Å². The molecule has 160 valence electrons. The van der Waals surface area contributed by atoms with E-state index in [1.165, 1.54) is 6.20 Å². The summed E-state index contributed by atoms with van der Waals surface area (Å²) in [6, 6.07) is 10.7. The number of nitrogens with one attached hydrogen (secondary N) is 1. The highest BCUT2D eigenvalue weighted by Crippen LogP contribution is 2.55. The van der Waals surface area contributed by atoms with Crippen LogP contribution in [0.2, 0.25) is 0 Å². The first kappa shape index (κ1) is 20.6. The topological polar surface area (TPSA) is 85.3 Å². The summed E-state index contributed by atoms with van der Waals surface area (Å²) in [6.07, 6.45) is 2.99. The van der Waals surface area contributed by atoms with Crippen LogP contribution in [-0.4, -0.2) is 31.4 Å². The molecule has 1 N–H and O–H groups in total. The minimum absolute atomic E-state index is 0.0677. The molecular formula is C22H21F2N5O2. The van der Waals surface area contributed by atoms with Crippen molar-refractivity contribution in [3.63, 3.8) is 0 Å². The molecule has 3 aromatic heterocycles. The van der Waals surface area contributed by atoms with Gasteiger partial charge < -0.3 is 9.84 Å². The lowest BCUT2D eigenvalue weighted by Gasteiger charge is -2.09. The first-order chi connectivity index (χ1) is 14.9. The first-order valence-electron chi connectivity index (χ1n) is 9.98. The van der Waals surface area contributed by atoms with Crippen molar-refractivity contribution in [2.24, 2.45) is 0 Å². The van der Waals surface area contributed by atoms with Gasteiger partial charge in [0.2, 0.25) is 11.7 Å². The Morgan fingerprint density at radius 2 is 2.03 bits per heavy atom. The zero-order valence-corrected chi connectivity index (χ0v) is 17.3. The molecule has 7 nitrogen and oxygen atoms in total.